The van der Waals surface area contributed by atoms with Gasteiger partial charge in [-0.3, -0.25) is 4.79 Å². The van der Waals surface area contributed by atoms with Gasteiger partial charge in [0.15, 0.2) is 0 Å². The average molecular weight is 233 g/mol. The van der Waals surface area contributed by atoms with Gasteiger partial charge < -0.3 is 20.3 Å². The Morgan fingerprint density at radius 3 is 2.81 bits per heavy atom. The number of hydrogen-bond donors (Lipinski definition) is 3. The molecule has 0 saturated carbocycles. The number of aliphatic hydroxyl groups is 1. The van der Waals surface area contributed by atoms with Crippen molar-refractivity contribution in [3.63, 3.8) is 0 Å². The molecule has 16 heavy (non-hydrogen) atoms. The van der Waals surface area contributed by atoms with Crippen LogP contribution in [0.4, 0.5) is 0 Å². The number of carbonyl (C=O) groups is 1. The summed E-state index contributed by atoms with van der Waals surface area (Å²) in [7, 11) is 0. The van der Waals surface area contributed by atoms with Crippen molar-refractivity contribution >= 4 is 5.97 Å². The molecule has 0 aromatic carbocycles. The molecule has 0 aromatic heterocycles. The molecule has 0 aliphatic heterocycles. The molecular formula is C11H23NO4. The van der Waals surface area contributed by atoms with Crippen molar-refractivity contribution in [3.8, 4) is 0 Å². The predicted octanol–water partition coefficient (Wildman–Crippen LogP) is 0.618. The second kappa shape index (κ2) is 10.9. The smallest absolute Gasteiger partial charge is 0.303 e. The van der Waals surface area contributed by atoms with E-state index >= 15 is 0 Å². The minimum atomic E-state index is -0.787. The predicted molar refractivity (Wildman–Crippen MR) is 61.5 cm³/mol. The Balaban J connectivity index is 3.17. The quantitative estimate of drug-likeness (QED) is 0.456. The molecule has 0 fully saturated rings. The summed E-state index contributed by atoms with van der Waals surface area (Å²) in [6.45, 7) is 4.17. The maximum atomic E-state index is 10.2. The van der Waals surface area contributed by atoms with E-state index in [2.05, 4.69) is 12.2 Å². The summed E-state index contributed by atoms with van der Waals surface area (Å²) < 4.78 is 5.25. The molecule has 0 spiro atoms. The lowest BCUT2D eigenvalue weighted by atomic mass is 10.3. The van der Waals surface area contributed by atoms with Crippen LogP contribution in [0.15, 0.2) is 0 Å². The van der Waals surface area contributed by atoms with Gasteiger partial charge in [-0.2, -0.15) is 0 Å². The first kappa shape index (κ1) is 15.3. The van der Waals surface area contributed by atoms with Gasteiger partial charge in [0.2, 0.25) is 0 Å². The maximum absolute atomic E-state index is 10.2. The van der Waals surface area contributed by atoms with Crippen LogP contribution in [-0.2, 0) is 9.53 Å². The number of carboxylic acid groups (broad SMARTS) is 1. The number of aliphatic hydroxyl groups excluding tert-OH is 1. The van der Waals surface area contributed by atoms with Crippen molar-refractivity contribution in [2.24, 2.45) is 0 Å². The number of unbranched alkanes of at least 4 members (excludes halogenated alkanes) is 1. The fraction of sp³-hybridized carbons (Fsp3) is 0.909. The highest BCUT2D eigenvalue weighted by atomic mass is 16.5. The zero-order valence-electron chi connectivity index (χ0n) is 9.95. The van der Waals surface area contributed by atoms with Crippen LogP contribution in [-0.4, -0.2) is 48.6 Å². The Labute approximate surface area is 96.8 Å². The fourth-order valence-electron chi connectivity index (χ4n) is 1.16. The van der Waals surface area contributed by atoms with Crippen LogP contribution in [0.5, 0.6) is 0 Å². The van der Waals surface area contributed by atoms with Gasteiger partial charge in [-0.25, -0.2) is 0 Å². The molecule has 0 radical (unpaired) electrons. The fourth-order valence-corrected chi connectivity index (χ4v) is 1.16. The first-order chi connectivity index (χ1) is 7.66. The van der Waals surface area contributed by atoms with Crippen LogP contribution in [0.1, 0.15) is 32.6 Å². The van der Waals surface area contributed by atoms with Gasteiger partial charge >= 0.3 is 5.97 Å². The van der Waals surface area contributed by atoms with E-state index in [1.54, 1.807) is 0 Å². The van der Waals surface area contributed by atoms with Crippen molar-refractivity contribution in [1.29, 1.82) is 0 Å². The van der Waals surface area contributed by atoms with Gasteiger partial charge in [0.1, 0.15) is 0 Å². The lowest BCUT2D eigenvalue weighted by molar-refractivity contribution is -0.137. The Bertz CT molecular complexity index is 175. The van der Waals surface area contributed by atoms with Gasteiger partial charge in [-0.1, -0.05) is 13.3 Å². The van der Waals surface area contributed by atoms with E-state index in [4.69, 9.17) is 9.84 Å². The molecule has 0 amide bonds. The highest BCUT2D eigenvalue weighted by molar-refractivity contribution is 5.66. The van der Waals surface area contributed by atoms with E-state index in [1.807, 2.05) is 0 Å². The molecule has 96 valence electrons. The molecule has 0 aliphatic rings. The van der Waals surface area contributed by atoms with Crippen LogP contribution in [0.3, 0.4) is 0 Å². The van der Waals surface area contributed by atoms with Crippen LogP contribution in [0, 0.1) is 0 Å². The lowest BCUT2D eigenvalue weighted by Crippen LogP contribution is -2.31. The molecule has 1 atom stereocenters. The van der Waals surface area contributed by atoms with Crippen LogP contribution >= 0.6 is 0 Å². The molecule has 0 aromatic rings. The molecule has 0 bridgehead atoms. The molecule has 0 heterocycles. The van der Waals surface area contributed by atoms with Crippen molar-refractivity contribution < 1.29 is 19.7 Å². The zero-order valence-corrected chi connectivity index (χ0v) is 9.95. The monoisotopic (exact) mass is 233 g/mol. The van der Waals surface area contributed by atoms with Gasteiger partial charge in [-0.05, 0) is 19.4 Å². The number of ether oxygens (including phenoxy) is 1. The summed E-state index contributed by atoms with van der Waals surface area (Å²) in [5, 5.41) is 20.8. The second-order valence-corrected chi connectivity index (χ2v) is 3.78. The third-order valence-electron chi connectivity index (χ3n) is 2.08. The Kier molecular flexibility index (Phi) is 10.4. The highest BCUT2D eigenvalue weighted by Crippen LogP contribution is 1.91. The molecule has 0 rings (SSSR count). The standard InChI is InChI=1S/C11H23NO4/c1-2-3-7-16-9-10(13)8-12-6-4-5-11(14)15/h10,12-13H,2-9H2,1H3,(H,14,15). The molecular weight excluding hydrogens is 210 g/mol. The van der Waals surface area contributed by atoms with E-state index in [0.717, 1.165) is 12.8 Å². The maximum Gasteiger partial charge on any atom is 0.303 e. The average Bonchev–Trinajstić information content (AvgIpc) is 2.23. The molecule has 1 unspecified atom stereocenters. The number of carboxylic acids is 1. The Morgan fingerprint density at radius 1 is 1.44 bits per heavy atom. The summed E-state index contributed by atoms with van der Waals surface area (Å²) in [5.41, 5.74) is 0. The first-order valence-corrected chi connectivity index (χ1v) is 5.85. The van der Waals surface area contributed by atoms with Crippen LogP contribution in [0.2, 0.25) is 0 Å². The summed E-state index contributed by atoms with van der Waals surface area (Å²) in [6.07, 6.45) is 2.33. The number of rotatable bonds is 11. The molecule has 3 N–H and O–H groups in total. The number of aliphatic carboxylic acids is 1. The topological polar surface area (TPSA) is 78.8 Å². The summed E-state index contributed by atoms with van der Waals surface area (Å²) in [4.78, 5) is 10.2. The molecule has 5 heteroatoms. The SMILES string of the molecule is CCCCOCC(O)CNCCCC(=O)O. The van der Waals surface area contributed by atoms with E-state index in [1.165, 1.54) is 0 Å². The molecule has 0 aliphatic carbocycles. The Hall–Kier alpha value is -0.650. The third kappa shape index (κ3) is 11.4. The third-order valence-corrected chi connectivity index (χ3v) is 2.08. The normalized spacial score (nSPS) is 12.6. The summed E-state index contributed by atoms with van der Waals surface area (Å²) in [5.74, 6) is -0.787. The largest absolute Gasteiger partial charge is 0.481 e. The van der Waals surface area contributed by atoms with Gasteiger partial charge in [0, 0.05) is 19.6 Å². The highest BCUT2D eigenvalue weighted by Gasteiger charge is 2.03. The van der Waals surface area contributed by atoms with Crippen molar-refractivity contribution in [1.82, 2.24) is 5.32 Å². The van der Waals surface area contributed by atoms with E-state index in [9.17, 15) is 9.90 Å². The van der Waals surface area contributed by atoms with Gasteiger partial charge in [0.05, 0.1) is 12.7 Å². The first-order valence-electron chi connectivity index (χ1n) is 5.85. The molecule has 0 saturated heterocycles. The van der Waals surface area contributed by atoms with Crippen LogP contribution < -0.4 is 5.32 Å². The summed E-state index contributed by atoms with van der Waals surface area (Å²) >= 11 is 0. The van der Waals surface area contributed by atoms with Crippen molar-refractivity contribution in [2.75, 3.05) is 26.3 Å². The molecule has 5 nitrogen and oxygen atoms in total. The minimum Gasteiger partial charge on any atom is -0.481 e. The van der Waals surface area contributed by atoms with Crippen LogP contribution in [0.25, 0.3) is 0 Å². The number of hydrogen-bond acceptors (Lipinski definition) is 4. The second-order valence-electron chi connectivity index (χ2n) is 3.78. The number of nitrogens with one attached hydrogen (secondary N) is 1. The van der Waals surface area contributed by atoms with E-state index in [-0.39, 0.29) is 6.42 Å². The zero-order chi connectivity index (χ0) is 12.2. The van der Waals surface area contributed by atoms with E-state index < -0.39 is 12.1 Å². The summed E-state index contributed by atoms with van der Waals surface area (Å²) in [6, 6.07) is 0. The van der Waals surface area contributed by atoms with E-state index in [0.29, 0.717) is 32.7 Å². The lowest BCUT2D eigenvalue weighted by Gasteiger charge is -2.11. The minimum absolute atomic E-state index is 0.163. The van der Waals surface area contributed by atoms with Gasteiger partial charge in [-0.15, -0.1) is 0 Å². The van der Waals surface area contributed by atoms with Crippen molar-refractivity contribution in [3.05, 3.63) is 0 Å². The Morgan fingerprint density at radius 2 is 2.19 bits per heavy atom. The van der Waals surface area contributed by atoms with Crippen molar-refractivity contribution in [2.45, 2.75) is 38.7 Å². The van der Waals surface area contributed by atoms with Gasteiger partial charge in [0.25, 0.3) is 0 Å².